The molecule has 2 aromatic carbocycles. The van der Waals surface area contributed by atoms with Crippen molar-refractivity contribution in [1.82, 2.24) is 0 Å². The number of rotatable bonds is 3. The standard InChI is InChI=1S/C14H13F2NO/c1-9-3-2-4-13(17)14(9)18-8-10-5-6-11(15)7-12(10)16/h2-7H,8,17H2,1H3. The number of hydrogen-bond donors (Lipinski definition) is 1. The lowest BCUT2D eigenvalue weighted by atomic mass is 10.2. The Labute approximate surface area is 104 Å². The Morgan fingerprint density at radius 3 is 2.61 bits per heavy atom. The van der Waals surface area contributed by atoms with Crippen LogP contribution in [0.4, 0.5) is 14.5 Å². The molecule has 0 saturated heterocycles. The summed E-state index contributed by atoms with van der Waals surface area (Å²) >= 11 is 0. The predicted molar refractivity (Wildman–Crippen MR) is 66.3 cm³/mol. The number of aryl methyl sites for hydroxylation is 1. The van der Waals surface area contributed by atoms with Gasteiger partial charge in [-0.05, 0) is 30.7 Å². The molecular weight excluding hydrogens is 236 g/mol. The highest BCUT2D eigenvalue weighted by Crippen LogP contribution is 2.26. The molecule has 0 heterocycles. The second kappa shape index (κ2) is 5.04. The number of nitrogen functional groups attached to an aromatic ring is 1. The summed E-state index contributed by atoms with van der Waals surface area (Å²) in [5.74, 6) is -0.699. The first-order chi connectivity index (χ1) is 8.58. The van der Waals surface area contributed by atoms with Gasteiger partial charge in [-0.1, -0.05) is 12.1 Å². The zero-order valence-electron chi connectivity index (χ0n) is 9.91. The molecule has 0 amide bonds. The Balaban J connectivity index is 2.16. The number of halogens is 2. The Hall–Kier alpha value is -2.10. The van der Waals surface area contributed by atoms with Crippen molar-refractivity contribution in [3.05, 3.63) is 59.2 Å². The van der Waals surface area contributed by atoms with Crippen molar-refractivity contribution in [2.24, 2.45) is 0 Å². The summed E-state index contributed by atoms with van der Waals surface area (Å²) in [7, 11) is 0. The third-order valence-electron chi connectivity index (χ3n) is 2.63. The van der Waals surface area contributed by atoms with Gasteiger partial charge in [-0.15, -0.1) is 0 Å². The minimum atomic E-state index is -0.623. The van der Waals surface area contributed by atoms with Crippen molar-refractivity contribution in [2.45, 2.75) is 13.5 Å². The molecule has 0 aromatic heterocycles. The first-order valence-electron chi connectivity index (χ1n) is 5.50. The first kappa shape index (κ1) is 12.4. The summed E-state index contributed by atoms with van der Waals surface area (Å²) in [6.07, 6.45) is 0. The monoisotopic (exact) mass is 249 g/mol. The van der Waals surface area contributed by atoms with E-state index >= 15 is 0 Å². The second-order valence-corrected chi connectivity index (χ2v) is 4.02. The molecule has 0 bridgehead atoms. The smallest absolute Gasteiger partial charge is 0.145 e. The molecule has 2 N–H and O–H groups in total. The van der Waals surface area contributed by atoms with Gasteiger partial charge in [0.05, 0.1) is 5.69 Å². The molecular formula is C14H13F2NO. The van der Waals surface area contributed by atoms with Crippen molar-refractivity contribution in [3.63, 3.8) is 0 Å². The minimum Gasteiger partial charge on any atom is -0.486 e. The first-order valence-corrected chi connectivity index (χ1v) is 5.50. The average Bonchev–Trinajstić information content (AvgIpc) is 2.31. The Bertz CT molecular complexity index is 549. The summed E-state index contributed by atoms with van der Waals surface area (Å²) in [6, 6.07) is 8.77. The SMILES string of the molecule is Cc1cccc(N)c1OCc1ccc(F)cc1F. The van der Waals surface area contributed by atoms with Gasteiger partial charge in [0, 0.05) is 11.6 Å². The molecule has 0 fully saturated rings. The fourth-order valence-corrected chi connectivity index (χ4v) is 1.66. The van der Waals surface area contributed by atoms with Crippen molar-refractivity contribution in [3.8, 4) is 5.75 Å². The van der Waals surface area contributed by atoms with Crippen LogP contribution in [0, 0.1) is 18.6 Å². The Morgan fingerprint density at radius 1 is 1.17 bits per heavy atom. The van der Waals surface area contributed by atoms with E-state index < -0.39 is 11.6 Å². The highest BCUT2D eigenvalue weighted by atomic mass is 19.1. The van der Waals surface area contributed by atoms with Gasteiger partial charge in [-0.25, -0.2) is 8.78 Å². The summed E-state index contributed by atoms with van der Waals surface area (Å²) in [5, 5.41) is 0. The highest BCUT2D eigenvalue weighted by molar-refractivity contribution is 5.56. The minimum absolute atomic E-state index is 0.0150. The van der Waals surface area contributed by atoms with Gasteiger partial charge in [-0.3, -0.25) is 0 Å². The van der Waals surface area contributed by atoms with Gasteiger partial charge in [0.15, 0.2) is 0 Å². The normalized spacial score (nSPS) is 10.4. The Morgan fingerprint density at radius 2 is 1.94 bits per heavy atom. The molecule has 0 radical (unpaired) electrons. The molecule has 2 aromatic rings. The molecule has 94 valence electrons. The quantitative estimate of drug-likeness (QED) is 0.846. The lowest BCUT2D eigenvalue weighted by Gasteiger charge is -2.12. The number of para-hydroxylation sites is 1. The van der Waals surface area contributed by atoms with E-state index in [1.54, 1.807) is 6.07 Å². The van der Waals surface area contributed by atoms with Gasteiger partial charge in [0.1, 0.15) is 24.0 Å². The van der Waals surface area contributed by atoms with E-state index in [-0.39, 0.29) is 6.61 Å². The van der Waals surface area contributed by atoms with E-state index in [1.807, 2.05) is 19.1 Å². The zero-order chi connectivity index (χ0) is 13.1. The maximum absolute atomic E-state index is 13.4. The van der Waals surface area contributed by atoms with E-state index in [1.165, 1.54) is 12.1 Å². The van der Waals surface area contributed by atoms with E-state index in [2.05, 4.69) is 0 Å². The van der Waals surface area contributed by atoms with Gasteiger partial charge >= 0.3 is 0 Å². The lowest BCUT2D eigenvalue weighted by molar-refractivity contribution is 0.299. The summed E-state index contributed by atoms with van der Waals surface area (Å²) < 4.78 is 31.6. The zero-order valence-corrected chi connectivity index (χ0v) is 9.91. The van der Waals surface area contributed by atoms with E-state index in [0.29, 0.717) is 17.0 Å². The second-order valence-electron chi connectivity index (χ2n) is 4.02. The summed E-state index contributed by atoms with van der Waals surface area (Å²) in [5.41, 5.74) is 7.43. The average molecular weight is 249 g/mol. The third kappa shape index (κ3) is 2.59. The molecule has 2 rings (SSSR count). The van der Waals surface area contributed by atoms with Gasteiger partial charge < -0.3 is 10.5 Å². The molecule has 0 spiro atoms. The molecule has 2 nitrogen and oxygen atoms in total. The molecule has 18 heavy (non-hydrogen) atoms. The number of benzene rings is 2. The van der Waals surface area contributed by atoms with Crippen LogP contribution >= 0.6 is 0 Å². The van der Waals surface area contributed by atoms with E-state index in [4.69, 9.17) is 10.5 Å². The number of hydrogen-bond acceptors (Lipinski definition) is 2. The molecule has 0 atom stereocenters. The van der Waals surface area contributed by atoms with Crippen molar-refractivity contribution < 1.29 is 13.5 Å². The topological polar surface area (TPSA) is 35.2 Å². The van der Waals surface area contributed by atoms with Gasteiger partial charge in [0.2, 0.25) is 0 Å². The summed E-state index contributed by atoms with van der Waals surface area (Å²) in [6.45, 7) is 1.87. The number of ether oxygens (including phenoxy) is 1. The van der Waals surface area contributed by atoms with Crippen LogP contribution in [0.1, 0.15) is 11.1 Å². The maximum atomic E-state index is 13.4. The van der Waals surface area contributed by atoms with Gasteiger partial charge in [0.25, 0.3) is 0 Å². The van der Waals surface area contributed by atoms with Crippen LogP contribution in [0.25, 0.3) is 0 Å². The van der Waals surface area contributed by atoms with Crippen LogP contribution < -0.4 is 10.5 Å². The lowest BCUT2D eigenvalue weighted by Crippen LogP contribution is -2.02. The van der Waals surface area contributed by atoms with Crippen LogP contribution in [-0.2, 0) is 6.61 Å². The molecule has 0 aliphatic rings. The number of anilines is 1. The molecule has 0 unspecified atom stereocenters. The van der Waals surface area contributed by atoms with E-state index in [0.717, 1.165) is 11.6 Å². The van der Waals surface area contributed by atoms with Crippen molar-refractivity contribution >= 4 is 5.69 Å². The number of nitrogens with two attached hydrogens (primary N) is 1. The molecule has 0 aliphatic heterocycles. The largest absolute Gasteiger partial charge is 0.486 e. The van der Waals surface area contributed by atoms with Crippen LogP contribution in [-0.4, -0.2) is 0 Å². The molecule has 0 aliphatic carbocycles. The Kier molecular flexibility index (Phi) is 3.46. The summed E-state index contributed by atoms with van der Waals surface area (Å²) in [4.78, 5) is 0. The maximum Gasteiger partial charge on any atom is 0.145 e. The van der Waals surface area contributed by atoms with Crippen LogP contribution in [0.15, 0.2) is 36.4 Å². The highest BCUT2D eigenvalue weighted by Gasteiger charge is 2.07. The van der Waals surface area contributed by atoms with E-state index in [9.17, 15) is 8.78 Å². The molecule has 4 heteroatoms. The van der Waals surface area contributed by atoms with Gasteiger partial charge in [-0.2, -0.15) is 0 Å². The predicted octanol–water partition coefficient (Wildman–Crippen LogP) is 3.43. The van der Waals surface area contributed by atoms with Crippen LogP contribution in [0.3, 0.4) is 0 Å². The fraction of sp³-hybridized carbons (Fsp3) is 0.143. The fourth-order valence-electron chi connectivity index (χ4n) is 1.66. The third-order valence-corrected chi connectivity index (χ3v) is 2.63. The van der Waals surface area contributed by atoms with Crippen LogP contribution in [0.5, 0.6) is 5.75 Å². The molecule has 0 saturated carbocycles. The van der Waals surface area contributed by atoms with Crippen molar-refractivity contribution in [1.29, 1.82) is 0 Å². The van der Waals surface area contributed by atoms with Crippen molar-refractivity contribution in [2.75, 3.05) is 5.73 Å². The van der Waals surface area contributed by atoms with Crippen LogP contribution in [0.2, 0.25) is 0 Å².